The van der Waals surface area contributed by atoms with Crippen molar-refractivity contribution in [2.24, 2.45) is 11.3 Å². The van der Waals surface area contributed by atoms with E-state index in [0.717, 1.165) is 5.92 Å². The van der Waals surface area contributed by atoms with E-state index >= 15 is 0 Å². The monoisotopic (exact) mass is 288 g/mol. The molecular weight excluding hydrogens is 252 g/mol. The topological polar surface area (TPSA) is 0 Å². The molecular formula is C21H36. The molecule has 21 heavy (non-hydrogen) atoms. The molecule has 0 nitrogen and oxygen atoms in total. The van der Waals surface area contributed by atoms with Gasteiger partial charge in [0.2, 0.25) is 0 Å². The van der Waals surface area contributed by atoms with Crippen LogP contribution in [0.25, 0.3) is 0 Å². The molecule has 0 fully saturated rings. The highest BCUT2D eigenvalue weighted by Gasteiger charge is 2.25. The maximum Gasteiger partial charge on any atom is -0.0285 e. The zero-order valence-corrected chi connectivity index (χ0v) is 15.3. The molecule has 120 valence electrons. The summed E-state index contributed by atoms with van der Waals surface area (Å²) in [6.07, 6.45) is 16.3. The van der Waals surface area contributed by atoms with E-state index in [1.54, 1.807) is 11.1 Å². The Balaban J connectivity index is 2.30. The molecule has 0 heteroatoms. The maximum absolute atomic E-state index is 2.53. The van der Waals surface area contributed by atoms with Crippen molar-refractivity contribution in [1.29, 1.82) is 0 Å². The first kappa shape index (κ1) is 18.3. The van der Waals surface area contributed by atoms with Crippen LogP contribution in [-0.4, -0.2) is 0 Å². The van der Waals surface area contributed by atoms with E-state index in [9.17, 15) is 0 Å². The van der Waals surface area contributed by atoms with Gasteiger partial charge in [-0.3, -0.25) is 0 Å². The van der Waals surface area contributed by atoms with Crippen LogP contribution in [0.3, 0.4) is 0 Å². The Kier molecular flexibility index (Phi) is 7.49. The second-order valence-corrected chi connectivity index (χ2v) is 8.11. The summed E-state index contributed by atoms with van der Waals surface area (Å²) >= 11 is 0. The Bertz CT molecular complexity index is 394. The Morgan fingerprint density at radius 3 is 2.38 bits per heavy atom. The van der Waals surface area contributed by atoms with Crippen molar-refractivity contribution < 1.29 is 0 Å². The van der Waals surface area contributed by atoms with E-state index in [2.05, 4.69) is 59.8 Å². The minimum Gasteiger partial charge on any atom is -0.0856 e. The van der Waals surface area contributed by atoms with Crippen molar-refractivity contribution in [2.45, 2.75) is 86.5 Å². The fourth-order valence-corrected chi connectivity index (χ4v) is 3.10. The van der Waals surface area contributed by atoms with Crippen LogP contribution in [0.1, 0.15) is 86.5 Å². The molecule has 0 radical (unpaired) electrons. The molecule has 1 atom stereocenters. The molecule has 0 heterocycles. The first-order valence-corrected chi connectivity index (χ1v) is 8.76. The summed E-state index contributed by atoms with van der Waals surface area (Å²) in [4.78, 5) is 0. The van der Waals surface area contributed by atoms with Crippen LogP contribution in [0, 0.1) is 11.3 Å². The van der Waals surface area contributed by atoms with Gasteiger partial charge in [-0.1, -0.05) is 55.7 Å². The maximum atomic E-state index is 2.53. The highest BCUT2D eigenvalue weighted by molar-refractivity contribution is 5.10. The average molecular weight is 289 g/mol. The lowest BCUT2D eigenvalue weighted by Gasteiger charge is -2.33. The molecule has 1 rings (SSSR count). The lowest BCUT2D eigenvalue weighted by Crippen LogP contribution is -2.22. The zero-order valence-electron chi connectivity index (χ0n) is 15.3. The van der Waals surface area contributed by atoms with Crippen molar-refractivity contribution in [3.8, 4) is 0 Å². The number of hydrogen-bond donors (Lipinski definition) is 0. The zero-order chi connectivity index (χ0) is 15.9. The van der Waals surface area contributed by atoms with E-state index in [1.807, 2.05) is 0 Å². The molecule has 0 aromatic carbocycles. The largest absolute Gasteiger partial charge is 0.0856 e. The summed E-state index contributed by atoms with van der Waals surface area (Å²) in [5.41, 5.74) is 5.16. The molecule has 0 saturated carbocycles. The molecule has 0 N–H and O–H groups in total. The molecule has 0 aliphatic heterocycles. The fourth-order valence-electron chi connectivity index (χ4n) is 3.10. The first-order chi connectivity index (χ1) is 9.79. The van der Waals surface area contributed by atoms with E-state index in [1.165, 1.54) is 50.5 Å². The standard InChI is InChI=1S/C21H36/c1-17(2)9-7-10-18(3)11-8-12-19-13-15-20(16-14-19)21(4,5)6/h9,11,13,20H,7-8,10,12,14-16H2,1-6H3/b18-11+. The van der Waals surface area contributed by atoms with Gasteiger partial charge in [-0.15, -0.1) is 0 Å². The Labute approximate surface area is 133 Å². The van der Waals surface area contributed by atoms with Crippen LogP contribution in [0.5, 0.6) is 0 Å². The second kappa shape index (κ2) is 8.61. The minimum atomic E-state index is 0.476. The SMILES string of the molecule is CC(C)=CCC/C(C)=C/CCC1=CCC(C(C)(C)C)CC1. The van der Waals surface area contributed by atoms with Crippen LogP contribution in [0.4, 0.5) is 0 Å². The molecule has 1 aliphatic rings. The summed E-state index contributed by atoms with van der Waals surface area (Å²) in [7, 11) is 0. The predicted octanol–water partition coefficient (Wildman–Crippen LogP) is 7.23. The number of rotatable bonds is 6. The quantitative estimate of drug-likeness (QED) is 0.452. The van der Waals surface area contributed by atoms with Gasteiger partial charge < -0.3 is 0 Å². The lowest BCUT2D eigenvalue weighted by molar-refractivity contribution is 0.220. The van der Waals surface area contributed by atoms with E-state index in [0.29, 0.717) is 5.41 Å². The normalized spacial score (nSPS) is 20.2. The number of hydrogen-bond acceptors (Lipinski definition) is 0. The fraction of sp³-hybridized carbons (Fsp3) is 0.714. The molecule has 0 bridgehead atoms. The third-order valence-electron chi connectivity index (χ3n) is 4.78. The van der Waals surface area contributed by atoms with Gasteiger partial charge >= 0.3 is 0 Å². The molecule has 0 amide bonds. The highest BCUT2D eigenvalue weighted by Crippen LogP contribution is 2.37. The predicted molar refractivity (Wildman–Crippen MR) is 96.5 cm³/mol. The van der Waals surface area contributed by atoms with Crippen molar-refractivity contribution in [1.82, 2.24) is 0 Å². The van der Waals surface area contributed by atoms with Gasteiger partial charge in [-0.25, -0.2) is 0 Å². The number of allylic oxidation sites excluding steroid dienone is 6. The summed E-state index contributed by atoms with van der Waals surface area (Å²) in [6, 6.07) is 0. The van der Waals surface area contributed by atoms with E-state index < -0.39 is 0 Å². The highest BCUT2D eigenvalue weighted by atomic mass is 14.3. The van der Waals surface area contributed by atoms with Crippen molar-refractivity contribution in [3.05, 3.63) is 34.9 Å². The van der Waals surface area contributed by atoms with Crippen LogP contribution >= 0.6 is 0 Å². The van der Waals surface area contributed by atoms with Crippen molar-refractivity contribution in [3.63, 3.8) is 0 Å². The first-order valence-electron chi connectivity index (χ1n) is 8.76. The van der Waals surface area contributed by atoms with Gasteiger partial charge in [0.25, 0.3) is 0 Å². The summed E-state index contributed by atoms with van der Waals surface area (Å²) in [5, 5.41) is 0. The minimum absolute atomic E-state index is 0.476. The Hall–Kier alpha value is -0.780. The van der Waals surface area contributed by atoms with Gasteiger partial charge in [0, 0.05) is 0 Å². The molecule has 0 aromatic rings. The molecule has 1 aliphatic carbocycles. The Morgan fingerprint density at radius 1 is 1.14 bits per heavy atom. The van der Waals surface area contributed by atoms with Crippen molar-refractivity contribution >= 4 is 0 Å². The smallest absolute Gasteiger partial charge is 0.0285 e. The summed E-state index contributed by atoms with van der Waals surface area (Å²) in [6.45, 7) is 13.8. The molecule has 0 aromatic heterocycles. The van der Waals surface area contributed by atoms with Gasteiger partial charge in [0.15, 0.2) is 0 Å². The third-order valence-corrected chi connectivity index (χ3v) is 4.78. The molecule has 0 saturated heterocycles. The van der Waals surface area contributed by atoms with Crippen LogP contribution in [0.15, 0.2) is 34.9 Å². The summed E-state index contributed by atoms with van der Waals surface area (Å²) < 4.78 is 0. The lowest BCUT2D eigenvalue weighted by atomic mass is 9.73. The average Bonchev–Trinajstić information content (AvgIpc) is 2.38. The molecule has 1 unspecified atom stereocenters. The van der Waals surface area contributed by atoms with Crippen LogP contribution < -0.4 is 0 Å². The van der Waals surface area contributed by atoms with Gasteiger partial charge in [0.05, 0.1) is 0 Å². The van der Waals surface area contributed by atoms with E-state index in [-0.39, 0.29) is 0 Å². The van der Waals surface area contributed by atoms with E-state index in [4.69, 9.17) is 0 Å². The molecule has 0 spiro atoms. The van der Waals surface area contributed by atoms with Crippen LogP contribution in [0.2, 0.25) is 0 Å². The third kappa shape index (κ3) is 7.69. The second-order valence-electron chi connectivity index (χ2n) is 8.11. The Morgan fingerprint density at radius 2 is 1.86 bits per heavy atom. The van der Waals surface area contributed by atoms with Crippen LogP contribution in [-0.2, 0) is 0 Å². The summed E-state index contributed by atoms with van der Waals surface area (Å²) in [5.74, 6) is 0.877. The van der Waals surface area contributed by atoms with Gasteiger partial charge in [-0.05, 0) is 77.0 Å². The van der Waals surface area contributed by atoms with Crippen molar-refractivity contribution in [2.75, 3.05) is 0 Å². The van der Waals surface area contributed by atoms with Gasteiger partial charge in [-0.2, -0.15) is 0 Å². The van der Waals surface area contributed by atoms with Gasteiger partial charge in [0.1, 0.15) is 0 Å².